The van der Waals surface area contributed by atoms with Gasteiger partial charge in [0.2, 0.25) is 0 Å². The van der Waals surface area contributed by atoms with E-state index in [9.17, 15) is 13.2 Å². The highest BCUT2D eigenvalue weighted by Gasteiger charge is 2.21. The van der Waals surface area contributed by atoms with Crippen LogP contribution in [0.15, 0.2) is 83.8 Å². The molecule has 0 spiro atoms. The van der Waals surface area contributed by atoms with Crippen LogP contribution in [0.5, 0.6) is 5.75 Å². The number of benzene rings is 3. The Balaban J connectivity index is 1.70. The zero-order chi connectivity index (χ0) is 21.7. The van der Waals surface area contributed by atoms with Crippen LogP contribution in [-0.2, 0) is 10.0 Å². The van der Waals surface area contributed by atoms with Gasteiger partial charge in [-0.3, -0.25) is 9.10 Å². The van der Waals surface area contributed by atoms with Gasteiger partial charge < -0.3 is 10.1 Å². The molecule has 0 aromatic heterocycles. The molecule has 0 bridgehead atoms. The Morgan fingerprint density at radius 1 is 0.900 bits per heavy atom. The van der Waals surface area contributed by atoms with E-state index in [1.54, 1.807) is 78.9 Å². The number of hydrogen-bond donors (Lipinski definition) is 1. The molecule has 3 rings (SSSR count). The Morgan fingerprint density at radius 3 is 2.07 bits per heavy atom. The second kappa shape index (κ2) is 9.00. The third-order valence-electron chi connectivity index (χ3n) is 4.38. The average molecular weight is 425 g/mol. The van der Waals surface area contributed by atoms with Crippen molar-refractivity contribution < 1.29 is 17.9 Å². The van der Waals surface area contributed by atoms with Gasteiger partial charge in [-0.2, -0.15) is 0 Å². The summed E-state index contributed by atoms with van der Waals surface area (Å²) in [7, 11) is -2.18. The van der Waals surface area contributed by atoms with Gasteiger partial charge in [-0.15, -0.1) is 0 Å². The Bertz CT molecular complexity index is 1090. The van der Waals surface area contributed by atoms with Crippen LogP contribution in [-0.4, -0.2) is 27.5 Å². The van der Waals surface area contributed by atoms with Crippen LogP contribution in [0.3, 0.4) is 0 Å². The average Bonchev–Trinajstić information content (AvgIpc) is 2.75. The minimum Gasteiger partial charge on any atom is -0.491 e. The summed E-state index contributed by atoms with van der Waals surface area (Å²) in [6.45, 7) is 3.89. The first-order valence-corrected chi connectivity index (χ1v) is 10.9. The van der Waals surface area contributed by atoms with E-state index < -0.39 is 10.0 Å². The summed E-state index contributed by atoms with van der Waals surface area (Å²) in [5, 5.41) is 2.82. The SMILES string of the molecule is CC(C)Oc1ccc(NC(=O)c2ccc(N(C)S(=O)(=O)c3ccccc3)cc2)cc1. The molecule has 0 unspecified atom stereocenters. The summed E-state index contributed by atoms with van der Waals surface area (Å²) >= 11 is 0. The quantitative estimate of drug-likeness (QED) is 0.604. The molecule has 0 atom stereocenters. The minimum atomic E-state index is -3.67. The molecule has 1 amide bonds. The van der Waals surface area contributed by atoms with Crippen molar-refractivity contribution in [3.05, 3.63) is 84.4 Å². The van der Waals surface area contributed by atoms with Crippen LogP contribution in [0.25, 0.3) is 0 Å². The molecule has 0 aliphatic carbocycles. The van der Waals surface area contributed by atoms with Crippen LogP contribution in [0.2, 0.25) is 0 Å². The molecule has 156 valence electrons. The van der Waals surface area contributed by atoms with Gasteiger partial charge in [0.15, 0.2) is 0 Å². The van der Waals surface area contributed by atoms with Crippen molar-refractivity contribution in [1.82, 2.24) is 0 Å². The lowest BCUT2D eigenvalue weighted by atomic mass is 10.2. The first-order chi connectivity index (χ1) is 14.3. The number of hydrogen-bond acceptors (Lipinski definition) is 4. The molecule has 6 nitrogen and oxygen atoms in total. The second-order valence-corrected chi connectivity index (χ2v) is 8.95. The highest BCUT2D eigenvalue weighted by atomic mass is 32.2. The predicted octanol–water partition coefficient (Wildman–Crippen LogP) is 4.55. The van der Waals surface area contributed by atoms with E-state index in [2.05, 4.69) is 5.32 Å². The Kier molecular flexibility index (Phi) is 6.42. The van der Waals surface area contributed by atoms with Gasteiger partial charge in [0.25, 0.3) is 15.9 Å². The zero-order valence-electron chi connectivity index (χ0n) is 17.1. The molecular formula is C23H24N2O4S. The smallest absolute Gasteiger partial charge is 0.264 e. The molecule has 7 heteroatoms. The third-order valence-corrected chi connectivity index (χ3v) is 6.18. The molecule has 3 aromatic carbocycles. The largest absolute Gasteiger partial charge is 0.491 e. The molecular weight excluding hydrogens is 400 g/mol. The highest BCUT2D eigenvalue weighted by Crippen LogP contribution is 2.23. The Hall–Kier alpha value is -3.32. The molecule has 0 fully saturated rings. The maximum Gasteiger partial charge on any atom is 0.264 e. The first kappa shape index (κ1) is 21.4. The number of anilines is 2. The topological polar surface area (TPSA) is 75.7 Å². The van der Waals surface area contributed by atoms with E-state index in [1.807, 2.05) is 13.8 Å². The lowest BCUT2D eigenvalue weighted by Gasteiger charge is -2.19. The van der Waals surface area contributed by atoms with Crippen molar-refractivity contribution in [2.75, 3.05) is 16.7 Å². The maximum absolute atomic E-state index is 12.7. The third kappa shape index (κ3) is 4.99. The lowest BCUT2D eigenvalue weighted by Crippen LogP contribution is -2.26. The zero-order valence-corrected chi connectivity index (χ0v) is 17.9. The first-order valence-electron chi connectivity index (χ1n) is 9.49. The molecule has 0 heterocycles. The van der Waals surface area contributed by atoms with E-state index in [-0.39, 0.29) is 16.9 Å². The summed E-state index contributed by atoms with van der Waals surface area (Å²) in [4.78, 5) is 12.7. The number of nitrogens with zero attached hydrogens (tertiary/aromatic N) is 1. The van der Waals surface area contributed by atoms with Crippen molar-refractivity contribution >= 4 is 27.3 Å². The normalized spacial score (nSPS) is 11.2. The summed E-state index contributed by atoms with van der Waals surface area (Å²) in [5.74, 6) is 0.447. The fourth-order valence-corrected chi connectivity index (χ4v) is 4.02. The van der Waals surface area contributed by atoms with Crippen LogP contribution in [0.1, 0.15) is 24.2 Å². The van der Waals surface area contributed by atoms with Crippen molar-refractivity contribution in [1.29, 1.82) is 0 Å². The van der Waals surface area contributed by atoms with E-state index >= 15 is 0 Å². The number of ether oxygens (including phenoxy) is 1. The van der Waals surface area contributed by atoms with E-state index in [4.69, 9.17) is 4.74 Å². The molecule has 0 aliphatic heterocycles. The lowest BCUT2D eigenvalue weighted by molar-refractivity contribution is 0.102. The van der Waals surface area contributed by atoms with Crippen LogP contribution >= 0.6 is 0 Å². The van der Waals surface area contributed by atoms with Gasteiger partial charge in [0.05, 0.1) is 16.7 Å². The Labute approximate surface area is 177 Å². The molecule has 0 saturated heterocycles. The monoisotopic (exact) mass is 424 g/mol. The maximum atomic E-state index is 12.7. The van der Waals surface area contributed by atoms with E-state index in [0.717, 1.165) is 5.75 Å². The predicted molar refractivity (Wildman–Crippen MR) is 119 cm³/mol. The fourth-order valence-electron chi connectivity index (χ4n) is 2.80. The van der Waals surface area contributed by atoms with Crippen molar-refractivity contribution in [3.63, 3.8) is 0 Å². The molecule has 3 aromatic rings. The minimum absolute atomic E-state index is 0.0767. The van der Waals surface area contributed by atoms with Crippen molar-refractivity contribution in [3.8, 4) is 5.75 Å². The van der Waals surface area contributed by atoms with Gasteiger partial charge in [0.1, 0.15) is 5.75 Å². The molecule has 30 heavy (non-hydrogen) atoms. The molecule has 0 radical (unpaired) electrons. The van der Waals surface area contributed by atoms with Gasteiger partial charge in [-0.1, -0.05) is 18.2 Å². The van der Waals surface area contributed by atoms with Crippen LogP contribution < -0.4 is 14.4 Å². The number of sulfonamides is 1. The number of rotatable bonds is 7. The number of carbonyl (C=O) groups excluding carboxylic acids is 1. The van der Waals surface area contributed by atoms with Gasteiger partial charge in [-0.25, -0.2) is 8.42 Å². The fraction of sp³-hybridized carbons (Fsp3) is 0.174. The summed E-state index contributed by atoms with van der Waals surface area (Å²) in [6, 6.07) is 21.7. The van der Waals surface area contributed by atoms with Crippen LogP contribution in [0.4, 0.5) is 11.4 Å². The molecule has 0 saturated carbocycles. The number of carbonyl (C=O) groups is 1. The number of nitrogens with one attached hydrogen (secondary N) is 1. The van der Waals surface area contributed by atoms with Gasteiger partial charge >= 0.3 is 0 Å². The summed E-state index contributed by atoms with van der Waals surface area (Å²) in [5.41, 5.74) is 1.53. The molecule has 0 aliphatic rings. The van der Waals surface area contributed by atoms with Gasteiger partial charge in [-0.05, 0) is 74.5 Å². The van der Waals surface area contributed by atoms with Crippen molar-refractivity contribution in [2.24, 2.45) is 0 Å². The standard InChI is InChI=1S/C23H24N2O4S/c1-17(2)29-21-15-11-19(12-16-21)24-23(26)18-9-13-20(14-10-18)25(3)30(27,28)22-7-5-4-6-8-22/h4-17H,1-3H3,(H,24,26). The highest BCUT2D eigenvalue weighted by molar-refractivity contribution is 7.92. The second-order valence-electron chi connectivity index (χ2n) is 6.98. The molecule has 1 N–H and O–H groups in total. The van der Waals surface area contributed by atoms with Crippen LogP contribution in [0, 0.1) is 0 Å². The number of amides is 1. The summed E-state index contributed by atoms with van der Waals surface area (Å²) < 4.78 is 32.2. The Morgan fingerprint density at radius 2 is 1.50 bits per heavy atom. The van der Waals surface area contributed by atoms with Gasteiger partial charge in [0, 0.05) is 18.3 Å². The van der Waals surface area contributed by atoms with E-state index in [1.165, 1.54) is 11.4 Å². The van der Waals surface area contributed by atoms with E-state index in [0.29, 0.717) is 16.9 Å². The van der Waals surface area contributed by atoms with Crippen molar-refractivity contribution in [2.45, 2.75) is 24.8 Å². The summed E-state index contributed by atoms with van der Waals surface area (Å²) in [6.07, 6.45) is 0.0767.